The normalized spacial score (nSPS) is 14.9. The molecule has 178 valence electrons. The number of carboxylic acid groups (broad SMARTS) is 1. The van der Waals surface area contributed by atoms with Gasteiger partial charge in [0, 0.05) is 23.4 Å². The third-order valence-corrected chi connectivity index (χ3v) is 6.61. The molecule has 0 spiro atoms. The van der Waals surface area contributed by atoms with E-state index < -0.39 is 11.4 Å². The molecular formula is C28H26FN3O3. The van der Waals surface area contributed by atoms with Crippen molar-refractivity contribution in [1.82, 2.24) is 14.3 Å². The van der Waals surface area contributed by atoms with Gasteiger partial charge in [-0.15, -0.1) is 0 Å². The first-order valence-electron chi connectivity index (χ1n) is 11.5. The van der Waals surface area contributed by atoms with Crippen molar-refractivity contribution in [3.63, 3.8) is 0 Å². The number of rotatable bonds is 3. The average molecular weight is 472 g/mol. The third kappa shape index (κ3) is 3.87. The fourth-order valence-electron chi connectivity index (χ4n) is 4.84. The van der Waals surface area contributed by atoms with E-state index in [0.29, 0.717) is 17.9 Å². The minimum absolute atomic E-state index is 0.143. The fraction of sp³-hybridized carbons (Fsp3) is 0.250. The smallest absolute Gasteiger partial charge is 0.341 e. The number of aromatic carboxylic acids is 1. The number of nitrogens with zero attached hydrogens (tertiary/aromatic N) is 3. The van der Waals surface area contributed by atoms with Gasteiger partial charge in [-0.05, 0) is 42.2 Å². The zero-order valence-corrected chi connectivity index (χ0v) is 20.0. The van der Waals surface area contributed by atoms with Gasteiger partial charge >= 0.3 is 5.97 Å². The molecule has 0 saturated heterocycles. The van der Waals surface area contributed by atoms with Gasteiger partial charge in [-0.1, -0.05) is 50.6 Å². The van der Waals surface area contributed by atoms with Crippen LogP contribution < -0.4 is 5.43 Å². The Labute approximate surface area is 202 Å². The lowest BCUT2D eigenvalue weighted by Crippen LogP contribution is -2.35. The van der Waals surface area contributed by atoms with Crippen LogP contribution in [-0.2, 0) is 6.54 Å². The lowest BCUT2D eigenvalue weighted by atomic mass is 9.84. The maximum atomic E-state index is 13.7. The van der Waals surface area contributed by atoms with E-state index in [-0.39, 0.29) is 22.8 Å². The molecule has 3 heterocycles. The van der Waals surface area contributed by atoms with Gasteiger partial charge in [-0.3, -0.25) is 9.48 Å². The first-order chi connectivity index (χ1) is 16.5. The molecule has 1 aliphatic heterocycles. The maximum Gasteiger partial charge on any atom is 0.341 e. The summed E-state index contributed by atoms with van der Waals surface area (Å²) in [5.41, 5.74) is 4.54. The Hall–Kier alpha value is -4.00. The molecule has 7 heteroatoms. The Morgan fingerprint density at radius 1 is 1.09 bits per heavy atom. The minimum atomic E-state index is -1.25. The summed E-state index contributed by atoms with van der Waals surface area (Å²) in [4.78, 5) is 24.6. The molecule has 0 aliphatic carbocycles. The van der Waals surface area contributed by atoms with E-state index in [1.807, 2.05) is 34.4 Å². The molecule has 2 aromatic carbocycles. The van der Waals surface area contributed by atoms with E-state index in [1.54, 1.807) is 12.1 Å². The Balaban J connectivity index is 1.88. The quantitative estimate of drug-likeness (QED) is 0.410. The van der Waals surface area contributed by atoms with Crippen molar-refractivity contribution in [2.24, 2.45) is 5.41 Å². The van der Waals surface area contributed by atoms with Crippen LogP contribution >= 0.6 is 0 Å². The Morgan fingerprint density at radius 2 is 1.80 bits per heavy atom. The van der Waals surface area contributed by atoms with Gasteiger partial charge in [0.15, 0.2) is 5.43 Å². The van der Waals surface area contributed by atoms with E-state index in [1.165, 1.54) is 24.4 Å². The van der Waals surface area contributed by atoms with Gasteiger partial charge < -0.3 is 9.67 Å². The molecule has 1 aliphatic rings. The van der Waals surface area contributed by atoms with E-state index in [0.717, 1.165) is 27.9 Å². The molecule has 35 heavy (non-hydrogen) atoms. The minimum Gasteiger partial charge on any atom is -0.477 e. The third-order valence-electron chi connectivity index (χ3n) is 6.61. The van der Waals surface area contributed by atoms with Crippen LogP contribution in [0, 0.1) is 18.2 Å². The summed E-state index contributed by atoms with van der Waals surface area (Å²) in [7, 11) is 0. The number of hydrogen-bond acceptors (Lipinski definition) is 3. The number of aromatic nitrogens is 3. The second-order valence-electron chi connectivity index (χ2n) is 10.2. The molecule has 4 aromatic rings. The van der Waals surface area contributed by atoms with Crippen molar-refractivity contribution in [2.75, 3.05) is 0 Å². The Kier molecular flexibility index (Phi) is 5.24. The predicted molar refractivity (Wildman–Crippen MR) is 133 cm³/mol. The van der Waals surface area contributed by atoms with Crippen molar-refractivity contribution in [3.05, 3.63) is 88.0 Å². The van der Waals surface area contributed by atoms with E-state index in [9.17, 15) is 19.1 Å². The van der Waals surface area contributed by atoms with Crippen molar-refractivity contribution >= 4 is 5.97 Å². The first-order valence-corrected chi connectivity index (χ1v) is 11.5. The number of pyridine rings is 1. The van der Waals surface area contributed by atoms with Gasteiger partial charge in [0.2, 0.25) is 0 Å². The molecule has 1 N–H and O–H groups in total. The van der Waals surface area contributed by atoms with Gasteiger partial charge in [0.05, 0.1) is 24.0 Å². The summed E-state index contributed by atoms with van der Waals surface area (Å²) < 4.78 is 17.5. The van der Waals surface area contributed by atoms with Crippen LogP contribution in [0.3, 0.4) is 0 Å². The van der Waals surface area contributed by atoms with Crippen LogP contribution in [0.4, 0.5) is 4.39 Å². The highest BCUT2D eigenvalue weighted by Crippen LogP contribution is 2.46. The largest absolute Gasteiger partial charge is 0.477 e. The molecule has 6 nitrogen and oxygen atoms in total. The highest BCUT2D eigenvalue weighted by molar-refractivity contribution is 5.92. The lowest BCUT2D eigenvalue weighted by molar-refractivity contribution is 0.0693. The Morgan fingerprint density at radius 3 is 2.43 bits per heavy atom. The van der Waals surface area contributed by atoms with E-state index in [2.05, 4.69) is 26.8 Å². The zero-order chi connectivity index (χ0) is 25.1. The SMILES string of the molecule is Cc1cccc(-c2c(-c3ccc(F)cc3)nn3c2-c2cc(=O)c(C(=O)O)cn2[C@H](C(C)(C)C)C3)c1. The fourth-order valence-corrected chi connectivity index (χ4v) is 4.84. The molecular weight excluding hydrogens is 445 g/mol. The summed E-state index contributed by atoms with van der Waals surface area (Å²) in [6.07, 6.45) is 1.46. The molecule has 0 amide bonds. The standard InChI is InChI=1S/C28H26FN3O3/c1-16-6-5-7-18(12-16)24-25(17-8-10-19(29)11-9-17)30-32-15-23(28(2,3)4)31-14-20(27(34)35)22(33)13-21(31)26(24)32/h5-14,23H,15H2,1-4H3,(H,34,35)/t23-/m0/s1. The number of fused-ring (bicyclic) bond motifs is 3. The number of halogens is 1. The topological polar surface area (TPSA) is 77.1 Å². The van der Waals surface area contributed by atoms with Crippen LogP contribution in [0.1, 0.15) is 42.7 Å². The highest BCUT2D eigenvalue weighted by Gasteiger charge is 2.36. The van der Waals surface area contributed by atoms with Crippen LogP contribution in [-0.4, -0.2) is 25.4 Å². The lowest BCUT2D eigenvalue weighted by Gasteiger charge is -2.38. The number of hydrogen-bond donors (Lipinski definition) is 1. The molecule has 0 unspecified atom stereocenters. The summed E-state index contributed by atoms with van der Waals surface area (Å²) in [6, 6.07) is 15.5. The summed E-state index contributed by atoms with van der Waals surface area (Å²) in [5.74, 6) is -1.58. The highest BCUT2D eigenvalue weighted by atomic mass is 19.1. The van der Waals surface area contributed by atoms with Crippen molar-refractivity contribution < 1.29 is 14.3 Å². The van der Waals surface area contributed by atoms with Gasteiger partial charge in [0.25, 0.3) is 0 Å². The zero-order valence-electron chi connectivity index (χ0n) is 20.0. The van der Waals surface area contributed by atoms with Gasteiger partial charge in [-0.25, -0.2) is 9.18 Å². The van der Waals surface area contributed by atoms with Gasteiger partial charge in [-0.2, -0.15) is 5.10 Å². The second kappa shape index (κ2) is 8.05. The van der Waals surface area contributed by atoms with Gasteiger partial charge in [0.1, 0.15) is 17.1 Å². The van der Waals surface area contributed by atoms with Crippen molar-refractivity contribution in [2.45, 2.75) is 40.3 Å². The first kappa shape index (κ1) is 22.8. The van der Waals surface area contributed by atoms with Crippen LogP contribution in [0.15, 0.2) is 65.6 Å². The van der Waals surface area contributed by atoms with E-state index in [4.69, 9.17) is 5.10 Å². The molecule has 1 atom stereocenters. The number of aryl methyl sites for hydroxylation is 1. The molecule has 2 aromatic heterocycles. The summed E-state index contributed by atoms with van der Waals surface area (Å²) in [6.45, 7) is 8.74. The molecule has 0 bridgehead atoms. The average Bonchev–Trinajstić information content (AvgIpc) is 3.17. The monoisotopic (exact) mass is 471 g/mol. The van der Waals surface area contributed by atoms with Crippen molar-refractivity contribution in [3.8, 4) is 33.8 Å². The molecule has 5 rings (SSSR count). The van der Waals surface area contributed by atoms with Crippen LogP contribution in [0.2, 0.25) is 0 Å². The predicted octanol–water partition coefficient (Wildman–Crippen LogP) is 5.79. The van der Waals surface area contributed by atoms with Crippen molar-refractivity contribution in [1.29, 1.82) is 0 Å². The van der Waals surface area contributed by atoms with Crippen LogP contribution in [0.25, 0.3) is 33.8 Å². The molecule has 0 saturated carbocycles. The number of benzene rings is 2. The Bertz CT molecular complexity index is 1520. The maximum absolute atomic E-state index is 13.7. The number of carboxylic acids is 1. The summed E-state index contributed by atoms with van der Waals surface area (Å²) >= 11 is 0. The molecule has 0 fully saturated rings. The van der Waals surface area contributed by atoms with Crippen LogP contribution in [0.5, 0.6) is 0 Å². The second-order valence-corrected chi connectivity index (χ2v) is 10.2. The number of carbonyl (C=O) groups is 1. The molecule has 0 radical (unpaired) electrons. The van der Waals surface area contributed by atoms with E-state index >= 15 is 0 Å². The summed E-state index contributed by atoms with van der Waals surface area (Å²) in [5, 5.41) is 14.6.